The molecule has 4 nitrogen and oxygen atoms in total. The zero-order chi connectivity index (χ0) is 12.0. The van der Waals surface area contributed by atoms with Crippen molar-refractivity contribution in [2.45, 2.75) is 52.3 Å². The van der Waals surface area contributed by atoms with Gasteiger partial charge in [0.1, 0.15) is 0 Å². The molecule has 92 valence electrons. The molecule has 0 fully saturated rings. The molecule has 0 spiro atoms. The van der Waals surface area contributed by atoms with Crippen LogP contribution in [0.5, 0.6) is 0 Å². The number of nitrogens with one attached hydrogen (secondary N) is 1. The predicted octanol–water partition coefficient (Wildman–Crippen LogP) is 1.71. The molecule has 1 rings (SSSR count). The highest BCUT2D eigenvalue weighted by molar-refractivity contribution is 5.03. The highest BCUT2D eigenvalue weighted by atomic mass is 16.3. The quantitative estimate of drug-likeness (QED) is 0.695. The lowest BCUT2D eigenvalue weighted by molar-refractivity contribution is 0.159. The minimum atomic E-state index is -0.175. The van der Waals surface area contributed by atoms with Gasteiger partial charge in [-0.3, -0.25) is 4.68 Å². The van der Waals surface area contributed by atoms with Gasteiger partial charge in [0.25, 0.3) is 0 Å². The lowest BCUT2D eigenvalue weighted by atomic mass is 10.2. The van der Waals surface area contributed by atoms with E-state index in [0.717, 1.165) is 25.9 Å². The van der Waals surface area contributed by atoms with Crippen molar-refractivity contribution in [3.63, 3.8) is 0 Å². The van der Waals surface area contributed by atoms with Crippen LogP contribution in [0.25, 0.3) is 0 Å². The summed E-state index contributed by atoms with van der Waals surface area (Å²) in [6.45, 7) is 7.89. The van der Waals surface area contributed by atoms with Gasteiger partial charge in [-0.2, -0.15) is 5.10 Å². The molecule has 0 aliphatic rings. The van der Waals surface area contributed by atoms with E-state index in [-0.39, 0.29) is 6.10 Å². The van der Waals surface area contributed by atoms with Crippen molar-refractivity contribution < 1.29 is 5.11 Å². The first-order valence-corrected chi connectivity index (χ1v) is 6.05. The highest BCUT2D eigenvalue weighted by Gasteiger charge is 2.02. The maximum absolute atomic E-state index is 9.38. The van der Waals surface area contributed by atoms with E-state index < -0.39 is 0 Å². The number of nitrogens with zero attached hydrogens (tertiary/aromatic N) is 2. The maximum Gasteiger partial charge on any atom is 0.0549 e. The van der Waals surface area contributed by atoms with E-state index >= 15 is 0 Å². The summed E-state index contributed by atoms with van der Waals surface area (Å²) in [4.78, 5) is 0. The Labute approximate surface area is 97.7 Å². The standard InChI is InChI=1S/C12H23N3O/c1-4-12(16)5-6-13-7-11-8-14-15(9-11)10(2)3/h8-10,12-13,16H,4-7H2,1-3H3. The first-order chi connectivity index (χ1) is 7.63. The molecule has 1 aromatic heterocycles. The largest absolute Gasteiger partial charge is 0.393 e. The maximum atomic E-state index is 9.38. The second-order valence-electron chi connectivity index (χ2n) is 4.45. The molecule has 1 unspecified atom stereocenters. The van der Waals surface area contributed by atoms with Crippen LogP contribution in [0.4, 0.5) is 0 Å². The Balaban J connectivity index is 2.21. The fourth-order valence-corrected chi connectivity index (χ4v) is 1.46. The van der Waals surface area contributed by atoms with Gasteiger partial charge in [0.05, 0.1) is 12.3 Å². The summed E-state index contributed by atoms with van der Waals surface area (Å²) >= 11 is 0. The third-order valence-corrected chi connectivity index (χ3v) is 2.64. The van der Waals surface area contributed by atoms with Crippen molar-refractivity contribution in [2.75, 3.05) is 6.54 Å². The van der Waals surface area contributed by atoms with Crippen molar-refractivity contribution in [1.82, 2.24) is 15.1 Å². The van der Waals surface area contributed by atoms with Crippen LogP contribution >= 0.6 is 0 Å². The minimum Gasteiger partial charge on any atom is -0.393 e. The first kappa shape index (κ1) is 13.2. The summed E-state index contributed by atoms with van der Waals surface area (Å²) in [5.41, 5.74) is 1.19. The van der Waals surface area contributed by atoms with Gasteiger partial charge in [0.2, 0.25) is 0 Å². The molecular formula is C12H23N3O. The average Bonchev–Trinajstić information content (AvgIpc) is 2.72. The normalized spacial score (nSPS) is 13.3. The Morgan fingerprint density at radius 3 is 2.81 bits per heavy atom. The Bertz CT molecular complexity index is 296. The number of rotatable bonds is 7. The summed E-state index contributed by atoms with van der Waals surface area (Å²) in [7, 11) is 0. The van der Waals surface area contributed by atoms with Gasteiger partial charge in [-0.05, 0) is 33.2 Å². The number of aliphatic hydroxyl groups excluding tert-OH is 1. The van der Waals surface area contributed by atoms with Gasteiger partial charge in [0, 0.05) is 24.3 Å². The second-order valence-corrected chi connectivity index (χ2v) is 4.45. The molecule has 1 aromatic rings. The molecule has 2 N–H and O–H groups in total. The molecule has 4 heteroatoms. The van der Waals surface area contributed by atoms with Crippen LogP contribution in [0, 0.1) is 0 Å². The van der Waals surface area contributed by atoms with E-state index in [1.165, 1.54) is 5.56 Å². The SMILES string of the molecule is CCC(O)CCNCc1cnn(C(C)C)c1. The van der Waals surface area contributed by atoms with Crippen molar-refractivity contribution in [3.05, 3.63) is 18.0 Å². The van der Waals surface area contributed by atoms with Gasteiger partial charge < -0.3 is 10.4 Å². The average molecular weight is 225 g/mol. The molecule has 1 heterocycles. The smallest absolute Gasteiger partial charge is 0.0549 e. The van der Waals surface area contributed by atoms with Crippen LogP contribution in [0.15, 0.2) is 12.4 Å². The molecular weight excluding hydrogens is 202 g/mol. The molecule has 0 amide bonds. The number of hydrogen-bond acceptors (Lipinski definition) is 3. The third-order valence-electron chi connectivity index (χ3n) is 2.64. The summed E-state index contributed by atoms with van der Waals surface area (Å²) in [5, 5.41) is 17.0. The van der Waals surface area contributed by atoms with E-state index in [0.29, 0.717) is 6.04 Å². The lowest BCUT2D eigenvalue weighted by Crippen LogP contribution is -2.19. The van der Waals surface area contributed by atoms with Gasteiger partial charge >= 0.3 is 0 Å². The molecule has 0 aliphatic heterocycles. The zero-order valence-electron chi connectivity index (χ0n) is 10.5. The Kier molecular flexibility index (Phi) is 5.49. The Hall–Kier alpha value is -0.870. The van der Waals surface area contributed by atoms with Gasteiger partial charge in [-0.1, -0.05) is 6.92 Å². The van der Waals surface area contributed by atoms with Gasteiger partial charge in [-0.15, -0.1) is 0 Å². The molecule has 0 saturated carbocycles. The molecule has 1 atom stereocenters. The number of aliphatic hydroxyl groups is 1. The van der Waals surface area contributed by atoms with Crippen LogP contribution < -0.4 is 5.32 Å². The Morgan fingerprint density at radius 2 is 2.25 bits per heavy atom. The van der Waals surface area contributed by atoms with Crippen LogP contribution in [-0.4, -0.2) is 27.5 Å². The van der Waals surface area contributed by atoms with Crippen LogP contribution in [-0.2, 0) is 6.54 Å². The first-order valence-electron chi connectivity index (χ1n) is 6.05. The summed E-state index contributed by atoms with van der Waals surface area (Å²) < 4.78 is 1.96. The van der Waals surface area contributed by atoms with E-state index in [2.05, 4.69) is 30.5 Å². The van der Waals surface area contributed by atoms with E-state index in [1.54, 1.807) is 0 Å². The minimum absolute atomic E-state index is 0.175. The molecule has 0 aliphatic carbocycles. The summed E-state index contributed by atoms with van der Waals surface area (Å²) in [6.07, 6.45) is 5.42. The van der Waals surface area contributed by atoms with Gasteiger partial charge in [-0.25, -0.2) is 0 Å². The molecule has 0 aromatic carbocycles. The van der Waals surface area contributed by atoms with Crippen LogP contribution in [0.2, 0.25) is 0 Å². The number of hydrogen-bond donors (Lipinski definition) is 2. The van der Waals surface area contributed by atoms with E-state index in [4.69, 9.17) is 0 Å². The zero-order valence-corrected chi connectivity index (χ0v) is 10.5. The predicted molar refractivity (Wildman–Crippen MR) is 65.2 cm³/mol. The van der Waals surface area contributed by atoms with Crippen LogP contribution in [0.1, 0.15) is 45.2 Å². The summed E-state index contributed by atoms with van der Waals surface area (Å²) in [5.74, 6) is 0. The van der Waals surface area contributed by atoms with E-state index in [1.807, 2.05) is 17.8 Å². The fourth-order valence-electron chi connectivity index (χ4n) is 1.46. The summed E-state index contributed by atoms with van der Waals surface area (Å²) in [6, 6.07) is 0.413. The molecule has 0 bridgehead atoms. The second kappa shape index (κ2) is 6.66. The van der Waals surface area contributed by atoms with Crippen LogP contribution in [0.3, 0.4) is 0 Å². The topological polar surface area (TPSA) is 50.1 Å². The lowest BCUT2D eigenvalue weighted by Gasteiger charge is -2.07. The highest BCUT2D eigenvalue weighted by Crippen LogP contribution is 2.05. The molecule has 0 radical (unpaired) electrons. The monoisotopic (exact) mass is 225 g/mol. The van der Waals surface area contributed by atoms with Crippen molar-refractivity contribution in [1.29, 1.82) is 0 Å². The van der Waals surface area contributed by atoms with Crippen molar-refractivity contribution in [3.8, 4) is 0 Å². The molecule has 0 saturated heterocycles. The third kappa shape index (κ3) is 4.33. The van der Waals surface area contributed by atoms with Gasteiger partial charge in [0.15, 0.2) is 0 Å². The number of aromatic nitrogens is 2. The van der Waals surface area contributed by atoms with Crippen molar-refractivity contribution >= 4 is 0 Å². The van der Waals surface area contributed by atoms with Crippen molar-refractivity contribution in [2.24, 2.45) is 0 Å². The van der Waals surface area contributed by atoms with E-state index in [9.17, 15) is 5.11 Å². The Morgan fingerprint density at radius 1 is 1.50 bits per heavy atom. The molecule has 16 heavy (non-hydrogen) atoms. The fraction of sp³-hybridized carbons (Fsp3) is 0.750.